The molecule has 0 amide bonds. The van der Waals surface area contributed by atoms with Crippen LogP contribution in [0.1, 0.15) is 11.4 Å². The van der Waals surface area contributed by atoms with E-state index in [1.165, 1.54) is 0 Å². The topological polar surface area (TPSA) is 44.8 Å². The molecule has 0 radical (unpaired) electrons. The number of benzene rings is 1. The summed E-state index contributed by atoms with van der Waals surface area (Å²) in [5, 5.41) is 1.10. The van der Waals surface area contributed by atoms with E-state index in [0.29, 0.717) is 0 Å². The van der Waals surface area contributed by atoms with Crippen molar-refractivity contribution in [1.82, 2.24) is 19.5 Å². The number of aryl methyl sites for hydroxylation is 2. The monoisotopic (exact) mass is 557 g/mol. The maximum absolute atomic E-state index is 4.96. The molecule has 4 nitrogen and oxygen atoms in total. The van der Waals surface area contributed by atoms with Gasteiger partial charge in [0.15, 0.2) is 0 Å². The van der Waals surface area contributed by atoms with Gasteiger partial charge in [-0.15, -0.1) is 24.3 Å². The standard InChI is InChI=1S/C24H18N4.Pt/c1-16-9-12-23(26-16)28-17(2)14-20-10-11-22(27-24(20)28)19-7-5-6-18(15-19)21-8-3-4-13-25-21;/h3-14H,1-2H3;/q-2;+2. The largest absolute Gasteiger partial charge is 2.00 e. The fourth-order valence-corrected chi connectivity index (χ4v) is 3.51. The molecule has 144 valence electrons. The van der Waals surface area contributed by atoms with Gasteiger partial charge in [0.25, 0.3) is 0 Å². The molecule has 0 aliphatic rings. The van der Waals surface area contributed by atoms with Crippen molar-refractivity contribution in [3.05, 3.63) is 90.4 Å². The minimum atomic E-state index is 0. The first-order chi connectivity index (χ1) is 13.7. The molecule has 4 aromatic heterocycles. The van der Waals surface area contributed by atoms with Gasteiger partial charge in [0, 0.05) is 17.6 Å². The summed E-state index contributed by atoms with van der Waals surface area (Å²) >= 11 is 0. The summed E-state index contributed by atoms with van der Waals surface area (Å²) in [7, 11) is 0. The molecule has 0 unspecified atom stereocenters. The van der Waals surface area contributed by atoms with Crippen molar-refractivity contribution in [1.29, 1.82) is 0 Å². The van der Waals surface area contributed by atoms with Crippen LogP contribution in [0, 0.1) is 19.9 Å². The Hall–Kier alpha value is -2.97. The molecule has 0 fully saturated rings. The second-order valence-corrected chi connectivity index (χ2v) is 6.87. The van der Waals surface area contributed by atoms with E-state index in [9.17, 15) is 0 Å². The average molecular weight is 558 g/mol. The zero-order chi connectivity index (χ0) is 19.1. The van der Waals surface area contributed by atoms with Crippen LogP contribution < -0.4 is 4.98 Å². The van der Waals surface area contributed by atoms with Crippen LogP contribution >= 0.6 is 0 Å². The Balaban J connectivity index is 0.00000205. The van der Waals surface area contributed by atoms with Gasteiger partial charge in [-0.1, -0.05) is 70.8 Å². The van der Waals surface area contributed by atoms with E-state index in [4.69, 9.17) is 4.98 Å². The SMILES string of the molecule is Cc1ccc(-n2c(C)cc3ccc(-c4[c-]c(-c5ccccn5)ccc4)nc32)[n-]1.[Pt+2]. The second-order valence-electron chi connectivity index (χ2n) is 6.87. The first kappa shape index (κ1) is 19.3. The van der Waals surface area contributed by atoms with Crippen molar-refractivity contribution in [2.75, 3.05) is 0 Å². The van der Waals surface area contributed by atoms with Crippen LogP contribution in [0.15, 0.2) is 72.9 Å². The number of pyridine rings is 2. The fourth-order valence-electron chi connectivity index (χ4n) is 3.51. The number of nitrogens with zero attached hydrogens (tertiary/aromatic N) is 4. The fraction of sp³-hybridized carbons (Fsp3) is 0.0833. The van der Waals surface area contributed by atoms with Crippen LogP contribution in [-0.4, -0.2) is 14.5 Å². The molecule has 0 saturated carbocycles. The number of hydrogen-bond donors (Lipinski definition) is 0. The normalized spacial score (nSPS) is 10.8. The maximum Gasteiger partial charge on any atom is 2.00 e. The summed E-state index contributed by atoms with van der Waals surface area (Å²) < 4.78 is 2.11. The van der Waals surface area contributed by atoms with Gasteiger partial charge in [-0.05, 0) is 25.3 Å². The summed E-state index contributed by atoms with van der Waals surface area (Å²) in [6.07, 6.45) is 1.80. The summed E-state index contributed by atoms with van der Waals surface area (Å²) in [5.74, 6) is 0.904. The summed E-state index contributed by atoms with van der Waals surface area (Å²) in [6.45, 7) is 4.08. The molecule has 1 aromatic carbocycles. The molecule has 0 aliphatic heterocycles. The van der Waals surface area contributed by atoms with Crippen molar-refractivity contribution in [2.24, 2.45) is 0 Å². The first-order valence-electron chi connectivity index (χ1n) is 9.23. The predicted octanol–water partition coefficient (Wildman–Crippen LogP) is 5.13. The van der Waals surface area contributed by atoms with Gasteiger partial charge < -0.3 is 9.55 Å². The summed E-state index contributed by atoms with van der Waals surface area (Å²) in [6, 6.07) is 25.8. The maximum atomic E-state index is 4.96. The third-order valence-electron chi connectivity index (χ3n) is 4.84. The van der Waals surface area contributed by atoms with Crippen molar-refractivity contribution in [3.8, 4) is 28.3 Å². The van der Waals surface area contributed by atoms with E-state index >= 15 is 0 Å². The number of aromatic nitrogens is 4. The summed E-state index contributed by atoms with van der Waals surface area (Å²) in [5.41, 5.74) is 6.72. The van der Waals surface area contributed by atoms with E-state index < -0.39 is 0 Å². The smallest absolute Gasteiger partial charge is 0.440 e. The molecule has 0 spiro atoms. The zero-order valence-corrected chi connectivity index (χ0v) is 18.3. The van der Waals surface area contributed by atoms with Crippen molar-refractivity contribution in [3.63, 3.8) is 0 Å². The third-order valence-corrected chi connectivity index (χ3v) is 4.84. The second kappa shape index (κ2) is 7.80. The van der Waals surface area contributed by atoms with E-state index in [1.807, 2.05) is 61.5 Å². The van der Waals surface area contributed by atoms with Gasteiger partial charge in [-0.2, -0.15) is 0 Å². The zero-order valence-electron chi connectivity index (χ0n) is 16.0. The van der Waals surface area contributed by atoms with Gasteiger partial charge in [0.1, 0.15) is 0 Å². The molecule has 0 atom stereocenters. The summed E-state index contributed by atoms with van der Waals surface area (Å²) in [4.78, 5) is 14.0. The first-order valence-corrected chi connectivity index (χ1v) is 9.23. The van der Waals surface area contributed by atoms with E-state index in [2.05, 4.69) is 39.7 Å². The van der Waals surface area contributed by atoms with Crippen molar-refractivity contribution < 1.29 is 21.1 Å². The van der Waals surface area contributed by atoms with Crippen LogP contribution in [0.25, 0.3) is 39.4 Å². The molecular formula is C24H18N4Pt. The van der Waals surface area contributed by atoms with Crippen LogP contribution in [0.4, 0.5) is 0 Å². The van der Waals surface area contributed by atoms with Crippen LogP contribution in [0.3, 0.4) is 0 Å². The molecule has 5 rings (SSSR count). The minimum Gasteiger partial charge on any atom is -0.440 e. The minimum absolute atomic E-state index is 0. The van der Waals surface area contributed by atoms with E-state index in [-0.39, 0.29) is 21.1 Å². The van der Waals surface area contributed by atoms with Crippen LogP contribution in [0.2, 0.25) is 0 Å². The number of fused-ring (bicyclic) bond motifs is 1. The van der Waals surface area contributed by atoms with E-state index in [1.54, 1.807) is 6.20 Å². The van der Waals surface area contributed by atoms with Crippen molar-refractivity contribution in [2.45, 2.75) is 13.8 Å². The number of rotatable bonds is 3. The van der Waals surface area contributed by atoms with Crippen molar-refractivity contribution >= 4 is 11.0 Å². The molecule has 29 heavy (non-hydrogen) atoms. The molecule has 5 aromatic rings. The predicted molar refractivity (Wildman–Crippen MR) is 111 cm³/mol. The molecular weight excluding hydrogens is 539 g/mol. The molecule has 0 bridgehead atoms. The Kier molecular flexibility index (Phi) is 5.21. The Morgan fingerprint density at radius 2 is 1.69 bits per heavy atom. The Bertz CT molecular complexity index is 1290. The van der Waals surface area contributed by atoms with Crippen LogP contribution in [0.5, 0.6) is 0 Å². The molecule has 0 saturated heterocycles. The number of hydrogen-bond acceptors (Lipinski definition) is 2. The van der Waals surface area contributed by atoms with E-state index in [0.717, 1.165) is 50.8 Å². The molecule has 4 heterocycles. The van der Waals surface area contributed by atoms with Gasteiger partial charge in [-0.3, -0.25) is 9.97 Å². The van der Waals surface area contributed by atoms with Gasteiger partial charge in [-0.25, -0.2) is 0 Å². The Morgan fingerprint density at radius 3 is 2.41 bits per heavy atom. The third kappa shape index (κ3) is 3.56. The molecule has 5 heteroatoms. The Labute approximate surface area is 183 Å². The van der Waals surface area contributed by atoms with Crippen LogP contribution in [-0.2, 0) is 21.1 Å². The van der Waals surface area contributed by atoms with Gasteiger partial charge in [0.05, 0.1) is 5.65 Å². The molecule has 0 N–H and O–H groups in total. The Morgan fingerprint density at radius 1 is 0.862 bits per heavy atom. The van der Waals surface area contributed by atoms with Gasteiger partial charge >= 0.3 is 21.1 Å². The quantitative estimate of drug-likeness (QED) is 0.289. The average Bonchev–Trinajstić information content (AvgIpc) is 3.30. The molecule has 0 aliphatic carbocycles. The van der Waals surface area contributed by atoms with Gasteiger partial charge in [0.2, 0.25) is 0 Å².